The van der Waals surface area contributed by atoms with Crippen LogP contribution in [0.2, 0.25) is 0 Å². The van der Waals surface area contributed by atoms with Crippen LogP contribution in [-0.2, 0) is 4.79 Å². The summed E-state index contributed by atoms with van der Waals surface area (Å²) in [6.07, 6.45) is 5.03. The molecule has 0 aliphatic carbocycles. The van der Waals surface area contributed by atoms with Crippen molar-refractivity contribution in [2.45, 2.75) is 32.7 Å². The third-order valence-electron chi connectivity index (χ3n) is 6.01. The first-order valence-electron chi connectivity index (χ1n) is 11.3. The highest BCUT2D eigenvalue weighted by molar-refractivity contribution is 5.80. The zero-order chi connectivity index (χ0) is 23.2. The third-order valence-corrected chi connectivity index (χ3v) is 6.01. The maximum Gasteiger partial charge on any atom is 0.263 e. The number of anilines is 1. The number of carbonyl (C=O) groups is 1. The van der Waals surface area contributed by atoms with E-state index in [1.165, 1.54) is 0 Å². The first-order valence-corrected chi connectivity index (χ1v) is 11.3. The number of aromatic nitrogens is 2. The van der Waals surface area contributed by atoms with Gasteiger partial charge in [-0.15, -0.1) is 0 Å². The van der Waals surface area contributed by atoms with Gasteiger partial charge in [0.2, 0.25) is 5.91 Å². The van der Waals surface area contributed by atoms with Crippen LogP contribution in [-0.4, -0.2) is 36.1 Å². The maximum absolute atomic E-state index is 13.1. The second-order valence-corrected chi connectivity index (χ2v) is 8.34. The van der Waals surface area contributed by atoms with Crippen LogP contribution < -0.4 is 19.7 Å². The van der Waals surface area contributed by atoms with Crippen LogP contribution in [0.5, 0.6) is 17.4 Å². The molecule has 0 spiro atoms. The van der Waals surface area contributed by atoms with E-state index in [9.17, 15) is 4.79 Å². The van der Waals surface area contributed by atoms with Gasteiger partial charge in [-0.1, -0.05) is 30.3 Å². The summed E-state index contributed by atoms with van der Waals surface area (Å²) < 4.78 is 11.3. The summed E-state index contributed by atoms with van der Waals surface area (Å²) in [4.78, 5) is 24.1. The fraction of sp³-hybridized carbons (Fsp3) is 0.346. The summed E-state index contributed by atoms with van der Waals surface area (Å²) in [6.45, 7) is 5.37. The lowest BCUT2D eigenvalue weighted by Gasteiger charge is -2.33. The van der Waals surface area contributed by atoms with E-state index in [2.05, 4.69) is 20.2 Å². The zero-order valence-corrected chi connectivity index (χ0v) is 19.3. The minimum atomic E-state index is -0.132. The van der Waals surface area contributed by atoms with Crippen molar-refractivity contribution in [1.82, 2.24) is 15.3 Å². The number of nitrogens with zero attached hydrogens (tertiary/aromatic N) is 3. The fourth-order valence-electron chi connectivity index (χ4n) is 4.07. The van der Waals surface area contributed by atoms with Crippen molar-refractivity contribution in [3.63, 3.8) is 0 Å². The van der Waals surface area contributed by atoms with Gasteiger partial charge < -0.3 is 19.7 Å². The van der Waals surface area contributed by atoms with Crippen LogP contribution in [0.3, 0.4) is 0 Å². The summed E-state index contributed by atoms with van der Waals surface area (Å²) in [7, 11) is 1.64. The number of para-hydroxylation sites is 1. The SMILES string of the molecule is COc1ccc([C@H](C)NC(=O)[C@H]2CCCN(c3nccnc3Oc3ccccc3C)C2)cc1. The van der Waals surface area contributed by atoms with E-state index in [-0.39, 0.29) is 17.9 Å². The van der Waals surface area contributed by atoms with Crippen molar-refractivity contribution in [1.29, 1.82) is 0 Å². The molecular weight excluding hydrogens is 416 g/mol. The van der Waals surface area contributed by atoms with Crippen LogP contribution in [0.4, 0.5) is 5.82 Å². The normalized spacial score (nSPS) is 16.7. The average Bonchev–Trinajstić information content (AvgIpc) is 2.86. The van der Waals surface area contributed by atoms with Crippen LogP contribution >= 0.6 is 0 Å². The summed E-state index contributed by atoms with van der Waals surface area (Å²) in [6, 6.07) is 15.5. The topological polar surface area (TPSA) is 76.6 Å². The van der Waals surface area contributed by atoms with Gasteiger partial charge in [-0.25, -0.2) is 9.97 Å². The second-order valence-electron chi connectivity index (χ2n) is 8.34. The smallest absolute Gasteiger partial charge is 0.263 e. The van der Waals surface area contributed by atoms with Crippen LogP contribution in [0.15, 0.2) is 60.9 Å². The number of amides is 1. The van der Waals surface area contributed by atoms with Crippen molar-refractivity contribution in [2.75, 3.05) is 25.1 Å². The molecule has 4 rings (SSSR count). The molecule has 2 atom stereocenters. The predicted molar refractivity (Wildman–Crippen MR) is 128 cm³/mol. The summed E-state index contributed by atoms with van der Waals surface area (Å²) in [5.74, 6) is 2.59. The maximum atomic E-state index is 13.1. The second kappa shape index (κ2) is 10.3. The Morgan fingerprint density at radius 3 is 2.64 bits per heavy atom. The standard InChI is InChI=1S/C26H30N4O3/c1-18-7-4-5-9-23(18)33-26-24(27-14-15-28-26)30-16-6-8-21(17-30)25(31)29-19(2)20-10-12-22(32-3)13-11-20/h4-5,7,9-15,19,21H,6,8,16-17H2,1-3H3,(H,29,31)/t19-,21-/m0/s1. The Balaban J connectivity index is 1.44. The molecule has 3 aromatic rings. The van der Waals surface area contributed by atoms with Gasteiger partial charge in [0, 0.05) is 25.5 Å². The van der Waals surface area contributed by atoms with Gasteiger partial charge in [-0.05, 0) is 56.0 Å². The molecule has 0 saturated carbocycles. The summed E-state index contributed by atoms with van der Waals surface area (Å²) in [5, 5.41) is 3.16. The average molecular weight is 447 g/mol. The number of aryl methyl sites for hydroxylation is 1. The zero-order valence-electron chi connectivity index (χ0n) is 19.3. The number of piperidine rings is 1. The number of nitrogens with one attached hydrogen (secondary N) is 1. The van der Waals surface area contributed by atoms with Crippen LogP contribution in [0, 0.1) is 12.8 Å². The molecule has 0 radical (unpaired) electrons. The van der Waals surface area contributed by atoms with E-state index >= 15 is 0 Å². The number of hydrogen-bond donors (Lipinski definition) is 1. The molecule has 7 nitrogen and oxygen atoms in total. The largest absolute Gasteiger partial charge is 0.497 e. The highest BCUT2D eigenvalue weighted by Crippen LogP contribution is 2.32. The van der Waals surface area contributed by atoms with Crippen molar-refractivity contribution in [2.24, 2.45) is 5.92 Å². The molecule has 0 bridgehead atoms. The molecule has 0 unspecified atom stereocenters. The van der Waals surface area contributed by atoms with E-state index in [0.717, 1.165) is 42.0 Å². The molecule has 172 valence electrons. The minimum absolute atomic E-state index is 0.0493. The molecular formula is C26H30N4O3. The Bertz CT molecular complexity index is 1090. The molecule has 1 aromatic heterocycles. The first-order chi connectivity index (χ1) is 16.0. The van der Waals surface area contributed by atoms with E-state index in [1.807, 2.05) is 62.4 Å². The van der Waals surface area contributed by atoms with Crippen molar-refractivity contribution in [3.05, 3.63) is 72.1 Å². The summed E-state index contributed by atoms with van der Waals surface area (Å²) >= 11 is 0. The monoisotopic (exact) mass is 446 g/mol. The first kappa shape index (κ1) is 22.6. The molecule has 1 aliphatic heterocycles. The minimum Gasteiger partial charge on any atom is -0.497 e. The molecule has 1 aliphatic rings. The predicted octanol–water partition coefficient (Wildman–Crippen LogP) is 4.68. The molecule has 2 heterocycles. The molecule has 1 N–H and O–H groups in total. The molecule has 7 heteroatoms. The quantitative estimate of drug-likeness (QED) is 0.568. The van der Waals surface area contributed by atoms with Gasteiger partial charge in [0.15, 0.2) is 5.82 Å². The van der Waals surface area contributed by atoms with Crippen LogP contribution in [0.1, 0.15) is 36.9 Å². The number of ether oxygens (including phenoxy) is 2. The molecule has 33 heavy (non-hydrogen) atoms. The Morgan fingerprint density at radius 2 is 1.88 bits per heavy atom. The van der Waals surface area contributed by atoms with Gasteiger partial charge in [0.1, 0.15) is 11.5 Å². The number of methoxy groups -OCH3 is 1. The van der Waals surface area contributed by atoms with Crippen LogP contribution in [0.25, 0.3) is 0 Å². The number of benzene rings is 2. The fourth-order valence-corrected chi connectivity index (χ4v) is 4.07. The lowest BCUT2D eigenvalue weighted by Crippen LogP contribution is -2.44. The Labute approximate surface area is 194 Å². The van der Waals surface area contributed by atoms with Gasteiger partial charge in [0.25, 0.3) is 5.88 Å². The van der Waals surface area contributed by atoms with E-state index in [1.54, 1.807) is 19.5 Å². The van der Waals surface area contributed by atoms with Gasteiger partial charge in [-0.3, -0.25) is 4.79 Å². The van der Waals surface area contributed by atoms with Crippen molar-refractivity contribution < 1.29 is 14.3 Å². The Hall–Kier alpha value is -3.61. The van der Waals surface area contributed by atoms with Gasteiger partial charge >= 0.3 is 0 Å². The molecule has 2 aromatic carbocycles. The highest BCUT2D eigenvalue weighted by Gasteiger charge is 2.29. The highest BCUT2D eigenvalue weighted by atomic mass is 16.5. The Morgan fingerprint density at radius 1 is 1.12 bits per heavy atom. The molecule has 1 fully saturated rings. The van der Waals surface area contributed by atoms with E-state index in [4.69, 9.17) is 9.47 Å². The van der Waals surface area contributed by atoms with Crippen molar-refractivity contribution >= 4 is 11.7 Å². The molecule has 1 amide bonds. The van der Waals surface area contributed by atoms with Crippen molar-refractivity contribution in [3.8, 4) is 17.4 Å². The molecule has 1 saturated heterocycles. The summed E-state index contributed by atoms with van der Waals surface area (Å²) in [5.41, 5.74) is 2.07. The number of hydrogen-bond acceptors (Lipinski definition) is 6. The Kier molecular flexibility index (Phi) is 7.07. The number of rotatable bonds is 7. The third kappa shape index (κ3) is 5.42. The number of carbonyl (C=O) groups excluding carboxylic acids is 1. The lowest BCUT2D eigenvalue weighted by molar-refractivity contribution is -0.125. The van der Waals surface area contributed by atoms with E-state index in [0.29, 0.717) is 18.2 Å². The van der Waals surface area contributed by atoms with Gasteiger partial charge in [0.05, 0.1) is 19.1 Å². The lowest BCUT2D eigenvalue weighted by atomic mass is 9.96. The van der Waals surface area contributed by atoms with Gasteiger partial charge in [-0.2, -0.15) is 0 Å². The van der Waals surface area contributed by atoms with E-state index < -0.39 is 0 Å².